The lowest BCUT2D eigenvalue weighted by Gasteiger charge is -2.10. The van der Waals surface area contributed by atoms with Gasteiger partial charge in [0.05, 0.1) is 0 Å². The Hall–Kier alpha value is -3.22. The van der Waals surface area contributed by atoms with Crippen LogP contribution in [0.5, 0.6) is 0 Å². The summed E-state index contributed by atoms with van der Waals surface area (Å²) in [5.74, 6) is 2.19. The molecule has 144 valence electrons. The first-order chi connectivity index (χ1) is 13.8. The molecule has 3 aromatic rings. The van der Waals surface area contributed by atoms with E-state index in [4.69, 9.17) is 0 Å². The quantitative estimate of drug-likeness (QED) is 0.642. The number of aromatic nitrogens is 4. The fourth-order valence-electron chi connectivity index (χ4n) is 3.59. The van der Waals surface area contributed by atoms with Crippen LogP contribution in [0.1, 0.15) is 38.5 Å². The van der Waals surface area contributed by atoms with Crippen LogP contribution >= 0.6 is 0 Å². The molecular formula is C21H24N6O. The lowest BCUT2D eigenvalue weighted by molar-refractivity contribution is -0.116. The van der Waals surface area contributed by atoms with Crippen molar-refractivity contribution in [2.75, 3.05) is 10.6 Å². The Kier molecular flexibility index (Phi) is 5.61. The van der Waals surface area contributed by atoms with E-state index in [0.29, 0.717) is 18.1 Å². The van der Waals surface area contributed by atoms with Gasteiger partial charge in [0.1, 0.15) is 12.1 Å². The standard InChI is InChI=1S/C21H24N6O/c28-21(11-6-16-4-1-2-5-16)26-18-9-7-17(8-10-18)25-19-14-20(23-15-22-19)27-13-3-12-24-27/h3,7-10,12-16H,1-2,4-6,11H2,(H,26,28)(H,22,23,25). The molecule has 7 nitrogen and oxygen atoms in total. The molecule has 0 spiro atoms. The third-order valence-corrected chi connectivity index (χ3v) is 5.09. The van der Waals surface area contributed by atoms with Crippen LogP contribution in [-0.4, -0.2) is 25.7 Å². The average molecular weight is 376 g/mol. The van der Waals surface area contributed by atoms with E-state index in [1.807, 2.05) is 42.6 Å². The predicted molar refractivity (Wildman–Crippen MR) is 109 cm³/mol. The summed E-state index contributed by atoms with van der Waals surface area (Å²) in [5.41, 5.74) is 1.69. The molecule has 0 atom stereocenters. The van der Waals surface area contributed by atoms with Crippen LogP contribution in [-0.2, 0) is 4.79 Å². The van der Waals surface area contributed by atoms with Crippen molar-refractivity contribution in [3.63, 3.8) is 0 Å². The van der Waals surface area contributed by atoms with E-state index >= 15 is 0 Å². The number of benzene rings is 1. The molecule has 7 heteroatoms. The minimum absolute atomic E-state index is 0.0901. The molecule has 1 fully saturated rings. The summed E-state index contributed by atoms with van der Waals surface area (Å²) < 4.78 is 1.68. The molecule has 4 rings (SSSR count). The fourth-order valence-corrected chi connectivity index (χ4v) is 3.59. The Balaban J connectivity index is 1.32. The zero-order valence-electron chi connectivity index (χ0n) is 15.7. The van der Waals surface area contributed by atoms with Crippen LogP contribution in [0, 0.1) is 5.92 Å². The molecule has 0 bridgehead atoms. The van der Waals surface area contributed by atoms with Gasteiger partial charge in [-0.2, -0.15) is 5.10 Å². The lowest BCUT2D eigenvalue weighted by Crippen LogP contribution is -2.12. The monoisotopic (exact) mass is 376 g/mol. The van der Waals surface area contributed by atoms with Crippen LogP contribution in [0.3, 0.4) is 0 Å². The number of nitrogens with zero attached hydrogens (tertiary/aromatic N) is 4. The maximum Gasteiger partial charge on any atom is 0.224 e. The maximum absolute atomic E-state index is 12.1. The summed E-state index contributed by atoms with van der Waals surface area (Å²) in [6.45, 7) is 0. The van der Waals surface area contributed by atoms with Gasteiger partial charge < -0.3 is 10.6 Å². The summed E-state index contributed by atoms with van der Waals surface area (Å²) in [7, 11) is 0. The number of hydrogen-bond donors (Lipinski definition) is 2. The number of rotatable bonds is 7. The molecule has 2 heterocycles. The second-order valence-corrected chi connectivity index (χ2v) is 7.15. The molecule has 0 unspecified atom stereocenters. The molecule has 1 aliphatic carbocycles. The van der Waals surface area contributed by atoms with Gasteiger partial charge in [0.25, 0.3) is 0 Å². The second kappa shape index (κ2) is 8.65. The summed E-state index contributed by atoms with van der Waals surface area (Å²) >= 11 is 0. The van der Waals surface area contributed by atoms with Crippen molar-refractivity contribution in [3.8, 4) is 5.82 Å². The first-order valence-corrected chi connectivity index (χ1v) is 9.75. The number of nitrogens with one attached hydrogen (secondary N) is 2. The molecule has 1 aliphatic rings. The van der Waals surface area contributed by atoms with Crippen molar-refractivity contribution in [2.45, 2.75) is 38.5 Å². The highest BCUT2D eigenvalue weighted by Crippen LogP contribution is 2.28. The summed E-state index contributed by atoms with van der Waals surface area (Å²) in [5, 5.41) is 10.4. The van der Waals surface area contributed by atoms with Crippen molar-refractivity contribution in [2.24, 2.45) is 5.92 Å². The van der Waals surface area contributed by atoms with Gasteiger partial charge in [-0.25, -0.2) is 14.6 Å². The Morgan fingerprint density at radius 2 is 1.89 bits per heavy atom. The van der Waals surface area contributed by atoms with E-state index in [2.05, 4.69) is 25.7 Å². The van der Waals surface area contributed by atoms with E-state index in [9.17, 15) is 4.79 Å². The Morgan fingerprint density at radius 3 is 2.64 bits per heavy atom. The van der Waals surface area contributed by atoms with Crippen LogP contribution in [0.25, 0.3) is 5.82 Å². The zero-order chi connectivity index (χ0) is 19.2. The largest absolute Gasteiger partial charge is 0.340 e. The zero-order valence-corrected chi connectivity index (χ0v) is 15.7. The molecule has 2 aromatic heterocycles. The Bertz CT molecular complexity index is 901. The van der Waals surface area contributed by atoms with Gasteiger partial charge in [0, 0.05) is 36.3 Å². The van der Waals surface area contributed by atoms with Crippen molar-refractivity contribution in [3.05, 3.63) is 55.1 Å². The van der Waals surface area contributed by atoms with Crippen LogP contribution in [0.15, 0.2) is 55.1 Å². The molecule has 0 aliphatic heterocycles. The fraction of sp³-hybridized carbons (Fsp3) is 0.333. The van der Waals surface area contributed by atoms with Gasteiger partial charge in [0.15, 0.2) is 5.82 Å². The molecule has 1 amide bonds. The SMILES string of the molecule is O=C(CCC1CCCC1)Nc1ccc(Nc2cc(-n3cccn3)ncn2)cc1. The number of anilines is 3. The third kappa shape index (κ3) is 4.73. The molecule has 28 heavy (non-hydrogen) atoms. The normalized spacial score (nSPS) is 14.1. The van der Waals surface area contributed by atoms with Gasteiger partial charge in [-0.3, -0.25) is 4.79 Å². The summed E-state index contributed by atoms with van der Waals surface area (Å²) in [6, 6.07) is 11.3. The van der Waals surface area contributed by atoms with Crippen molar-refractivity contribution < 1.29 is 4.79 Å². The Morgan fingerprint density at radius 1 is 1.11 bits per heavy atom. The molecule has 0 saturated heterocycles. The Labute approximate surface area is 164 Å². The predicted octanol–water partition coefficient (Wildman–Crippen LogP) is 4.31. The van der Waals surface area contributed by atoms with Crippen LogP contribution in [0.2, 0.25) is 0 Å². The molecule has 1 saturated carbocycles. The third-order valence-electron chi connectivity index (χ3n) is 5.09. The van der Waals surface area contributed by atoms with Crippen molar-refractivity contribution >= 4 is 23.1 Å². The molecular weight excluding hydrogens is 352 g/mol. The average Bonchev–Trinajstić information content (AvgIpc) is 3.42. The highest BCUT2D eigenvalue weighted by Gasteiger charge is 2.16. The van der Waals surface area contributed by atoms with Crippen LogP contribution in [0.4, 0.5) is 17.2 Å². The number of carbonyl (C=O) groups excluding carboxylic acids is 1. The van der Waals surface area contributed by atoms with Gasteiger partial charge in [-0.15, -0.1) is 0 Å². The highest BCUT2D eigenvalue weighted by molar-refractivity contribution is 5.90. The minimum atomic E-state index is 0.0901. The van der Waals surface area contributed by atoms with Gasteiger partial charge in [-0.1, -0.05) is 25.7 Å². The van der Waals surface area contributed by atoms with Crippen LogP contribution < -0.4 is 10.6 Å². The molecule has 0 radical (unpaired) electrons. The minimum Gasteiger partial charge on any atom is -0.340 e. The number of hydrogen-bond acceptors (Lipinski definition) is 5. The number of carbonyl (C=O) groups is 1. The van der Waals surface area contributed by atoms with E-state index in [0.717, 1.165) is 23.7 Å². The first-order valence-electron chi connectivity index (χ1n) is 9.75. The van der Waals surface area contributed by atoms with Gasteiger partial charge in [-0.05, 0) is 42.7 Å². The topological polar surface area (TPSA) is 84.7 Å². The maximum atomic E-state index is 12.1. The van der Waals surface area contributed by atoms with Crippen molar-refractivity contribution in [1.82, 2.24) is 19.7 Å². The smallest absolute Gasteiger partial charge is 0.224 e. The van der Waals surface area contributed by atoms with Gasteiger partial charge >= 0.3 is 0 Å². The van der Waals surface area contributed by atoms with E-state index in [-0.39, 0.29) is 5.91 Å². The summed E-state index contributed by atoms with van der Waals surface area (Å²) in [6.07, 6.45) is 11.8. The lowest BCUT2D eigenvalue weighted by atomic mass is 10.0. The van der Waals surface area contributed by atoms with E-state index in [1.54, 1.807) is 10.9 Å². The van der Waals surface area contributed by atoms with E-state index in [1.165, 1.54) is 32.0 Å². The van der Waals surface area contributed by atoms with Crippen molar-refractivity contribution in [1.29, 1.82) is 0 Å². The molecule has 1 aromatic carbocycles. The van der Waals surface area contributed by atoms with Gasteiger partial charge in [0.2, 0.25) is 5.91 Å². The second-order valence-electron chi connectivity index (χ2n) is 7.15. The van der Waals surface area contributed by atoms with E-state index < -0.39 is 0 Å². The highest BCUT2D eigenvalue weighted by atomic mass is 16.1. The first kappa shape index (κ1) is 18.2. The molecule has 2 N–H and O–H groups in total. The number of amides is 1. The summed E-state index contributed by atoms with van der Waals surface area (Å²) in [4.78, 5) is 20.6.